The molecule has 1 aliphatic heterocycles. The molecule has 3 heterocycles. The highest BCUT2D eigenvalue weighted by Crippen LogP contribution is 2.35. The molecule has 2 aromatic carbocycles. The van der Waals surface area contributed by atoms with E-state index in [4.69, 9.17) is 9.47 Å². The fourth-order valence-electron chi connectivity index (χ4n) is 5.88. The largest absolute Gasteiger partial charge is 0.480 e. The van der Waals surface area contributed by atoms with Crippen LogP contribution < -0.4 is 15.4 Å². The normalized spacial score (nSPS) is 16.3. The van der Waals surface area contributed by atoms with Gasteiger partial charge in [0.15, 0.2) is 22.8 Å². The van der Waals surface area contributed by atoms with Gasteiger partial charge < -0.3 is 20.1 Å². The Bertz CT molecular complexity index is 1950. The fourth-order valence-corrected chi connectivity index (χ4v) is 5.88. The summed E-state index contributed by atoms with van der Waals surface area (Å²) >= 11 is 0. The van der Waals surface area contributed by atoms with Crippen molar-refractivity contribution < 1.29 is 33.0 Å². The smallest absolute Gasteiger partial charge is 0.338 e. The van der Waals surface area contributed by atoms with Crippen molar-refractivity contribution >= 4 is 29.2 Å². The number of nitrogens with zero attached hydrogens (tertiary/aromatic N) is 3. The van der Waals surface area contributed by atoms with Gasteiger partial charge in [-0.15, -0.1) is 0 Å². The van der Waals surface area contributed by atoms with Crippen LogP contribution in [0.2, 0.25) is 0 Å². The van der Waals surface area contributed by atoms with Crippen LogP contribution in [0.15, 0.2) is 55.3 Å². The van der Waals surface area contributed by atoms with Crippen LogP contribution in [-0.2, 0) is 28.9 Å². The van der Waals surface area contributed by atoms with E-state index in [9.17, 15) is 23.6 Å². The Labute approximate surface area is 263 Å². The van der Waals surface area contributed by atoms with Gasteiger partial charge in [0, 0.05) is 24.6 Å². The van der Waals surface area contributed by atoms with Crippen LogP contribution in [0.25, 0.3) is 5.65 Å². The van der Waals surface area contributed by atoms with Crippen LogP contribution in [0.5, 0.6) is 5.75 Å². The van der Waals surface area contributed by atoms with E-state index in [-0.39, 0.29) is 48.4 Å². The first-order chi connectivity index (χ1) is 22.0. The Balaban J connectivity index is 1.20. The summed E-state index contributed by atoms with van der Waals surface area (Å²) in [5.74, 6) is -1.86. The van der Waals surface area contributed by atoms with Gasteiger partial charge in [-0.05, 0) is 74.1 Å². The quantitative estimate of drug-likeness (QED) is 0.220. The summed E-state index contributed by atoms with van der Waals surface area (Å²) in [5.41, 5.74) is 3.10. The Morgan fingerprint density at radius 2 is 2.00 bits per heavy atom. The highest BCUT2D eigenvalue weighted by Gasteiger charge is 2.35. The molecule has 0 bridgehead atoms. The number of amides is 2. The van der Waals surface area contributed by atoms with E-state index in [1.54, 1.807) is 44.2 Å². The van der Waals surface area contributed by atoms with Gasteiger partial charge >= 0.3 is 5.97 Å². The number of carbonyl (C=O) groups is 4. The van der Waals surface area contributed by atoms with Crippen molar-refractivity contribution in [1.82, 2.24) is 25.2 Å². The number of benzene rings is 2. The molecule has 0 radical (unpaired) electrons. The van der Waals surface area contributed by atoms with Crippen LogP contribution in [0.4, 0.5) is 4.39 Å². The molecule has 0 spiro atoms. The van der Waals surface area contributed by atoms with E-state index >= 15 is 0 Å². The van der Waals surface area contributed by atoms with Gasteiger partial charge in [-0.25, -0.2) is 18.7 Å². The zero-order valence-electron chi connectivity index (χ0n) is 25.6. The number of esters is 1. The van der Waals surface area contributed by atoms with Crippen LogP contribution in [0.1, 0.15) is 85.5 Å². The third-order valence-corrected chi connectivity index (χ3v) is 8.41. The Hall–Kier alpha value is -5.39. The van der Waals surface area contributed by atoms with Gasteiger partial charge in [0.2, 0.25) is 0 Å². The van der Waals surface area contributed by atoms with Crippen molar-refractivity contribution in [2.24, 2.45) is 0 Å². The van der Waals surface area contributed by atoms with Crippen molar-refractivity contribution in [3.63, 3.8) is 0 Å². The standard InChI is InChI=1S/C34H32FN5O6/c1-5-12-45-33(44)22-7-8-23-21(18(22)2)9-10-25(23)39-32(43)27-15-26(38-30-24(35)17-37-40(27)30)31(42)36-16-19-6-11-28-20(13-19)14-29(41)34(3,4)46-28/h5-8,11,13,15,17,25H,1,9-10,12,14,16H2,2-4H3,(H,36,42)(H,39,43)/t25-/m0/s1. The molecule has 0 saturated carbocycles. The minimum Gasteiger partial charge on any atom is -0.480 e. The highest BCUT2D eigenvalue weighted by molar-refractivity contribution is 5.98. The van der Waals surface area contributed by atoms with Gasteiger partial charge in [0.1, 0.15) is 23.7 Å². The summed E-state index contributed by atoms with van der Waals surface area (Å²) in [4.78, 5) is 55.8. The van der Waals surface area contributed by atoms with Gasteiger partial charge in [-0.1, -0.05) is 24.8 Å². The number of halogens is 1. The molecule has 1 aliphatic carbocycles. The summed E-state index contributed by atoms with van der Waals surface area (Å²) < 4.78 is 26.7. The summed E-state index contributed by atoms with van der Waals surface area (Å²) in [6, 6.07) is 9.69. The van der Waals surface area contributed by atoms with Crippen molar-refractivity contribution in [3.8, 4) is 5.75 Å². The second-order valence-corrected chi connectivity index (χ2v) is 11.8. The molecule has 1 atom stereocenters. The lowest BCUT2D eigenvalue weighted by Crippen LogP contribution is -2.42. The number of nitrogens with one attached hydrogen (secondary N) is 2. The summed E-state index contributed by atoms with van der Waals surface area (Å²) in [7, 11) is 0. The predicted octanol–water partition coefficient (Wildman–Crippen LogP) is 4.15. The topological polar surface area (TPSA) is 141 Å². The lowest BCUT2D eigenvalue weighted by Gasteiger charge is -2.31. The Kier molecular flexibility index (Phi) is 7.89. The molecule has 6 rings (SSSR count). The maximum absolute atomic E-state index is 14.7. The number of ketones is 1. The monoisotopic (exact) mass is 625 g/mol. The van der Waals surface area contributed by atoms with Crippen LogP contribution in [0, 0.1) is 12.7 Å². The molecule has 2 aromatic heterocycles. The van der Waals surface area contributed by atoms with Crippen molar-refractivity contribution in [2.75, 3.05) is 6.61 Å². The third kappa shape index (κ3) is 5.62. The Morgan fingerprint density at radius 3 is 2.78 bits per heavy atom. The van der Waals surface area contributed by atoms with Crippen molar-refractivity contribution in [1.29, 1.82) is 0 Å². The second-order valence-electron chi connectivity index (χ2n) is 11.8. The van der Waals surface area contributed by atoms with E-state index in [1.165, 1.54) is 12.1 Å². The van der Waals surface area contributed by atoms with E-state index in [0.29, 0.717) is 24.2 Å². The van der Waals surface area contributed by atoms with E-state index in [0.717, 1.165) is 38.5 Å². The average Bonchev–Trinajstić information content (AvgIpc) is 3.62. The molecular weight excluding hydrogens is 593 g/mol. The summed E-state index contributed by atoms with van der Waals surface area (Å²) in [6.07, 6.45) is 3.86. The molecule has 2 aliphatic rings. The van der Waals surface area contributed by atoms with E-state index in [2.05, 4.69) is 27.3 Å². The molecule has 2 N–H and O–H groups in total. The lowest BCUT2D eigenvalue weighted by atomic mass is 9.92. The molecule has 46 heavy (non-hydrogen) atoms. The first-order valence-corrected chi connectivity index (χ1v) is 14.8. The molecule has 12 heteroatoms. The number of Topliss-reactive ketones (excluding diaryl/α,β-unsaturated/α-hetero) is 1. The maximum Gasteiger partial charge on any atom is 0.338 e. The molecule has 0 unspecified atom stereocenters. The number of rotatable bonds is 8. The number of aromatic nitrogens is 3. The first-order valence-electron chi connectivity index (χ1n) is 14.8. The third-order valence-electron chi connectivity index (χ3n) is 8.41. The SMILES string of the molecule is C=CCOC(=O)c1ccc2c(c1C)CC[C@@H]2NC(=O)c1cc(C(=O)NCc2ccc3c(c2)CC(=O)C(C)(C)O3)nc2c(F)cnn12. The molecule has 0 fully saturated rings. The van der Waals surface area contributed by atoms with Crippen LogP contribution >= 0.6 is 0 Å². The average molecular weight is 626 g/mol. The molecule has 11 nitrogen and oxygen atoms in total. The van der Waals surface area contributed by atoms with Gasteiger partial charge in [0.25, 0.3) is 11.8 Å². The zero-order valence-corrected chi connectivity index (χ0v) is 25.6. The molecular formula is C34H32FN5O6. The van der Waals surface area contributed by atoms with Crippen LogP contribution in [0.3, 0.4) is 0 Å². The number of carbonyl (C=O) groups excluding carboxylic acids is 4. The zero-order chi connectivity index (χ0) is 32.7. The highest BCUT2D eigenvalue weighted by atomic mass is 19.1. The first kappa shape index (κ1) is 30.6. The molecule has 236 valence electrons. The minimum atomic E-state index is -0.898. The van der Waals surface area contributed by atoms with Crippen LogP contribution in [-0.4, -0.2) is 50.4 Å². The summed E-state index contributed by atoms with van der Waals surface area (Å²) in [6.45, 7) is 9.06. The van der Waals surface area contributed by atoms with E-state index < -0.39 is 29.2 Å². The second kappa shape index (κ2) is 11.8. The van der Waals surface area contributed by atoms with Crippen molar-refractivity contribution in [2.45, 2.75) is 58.2 Å². The summed E-state index contributed by atoms with van der Waals surface area (Å²) in [5, 5.41) is 9.70. The molecule has 0 saturated heterocycles. The predicted molar refractivity (Wildman–Crippen MR) is 164 cm³/mol. The lowest BCUT2D eigenvalue weighted by molar-refractivity contribution is -0.132. The minimum absolute atomic E-state index is 0.0442. The van der Waals surface area contributed by atoms with Gasteiger partial charge in [-0.3, -0.25) is 14.4 Å². The fraction of sp³-hybridized carbons (Fsp3) is 0.294. The Morgan fingerprint density at radius 1 is 1.20 bits per heavy atom. The van der Waals surface area contributed by atoms with Gasteiger partial charge in [0.05, 0.1) is 17.8 Å². The van der Waals surface area contributed by atoms with Crippen molar-refractivity contribution in [3.05, 3.63) is 106 Å². The van der Waals surface area contributed by atoms with Gasteiger partial charge in [-0.2, -0.15) is 5.10 Å². The number of ether oxygens (including phenoxy) is 2. The number of hydrogen-bond acceptors (Lipinski definition) is 8. The molecule has 4 aromatic rings. The number of fused-ring (bicyclic) bond motifs is 3. The van der Waals surface area contributed by atoms with E-state index in [1.807, 2.05) is 6.92 Å². The number of hydrogen-bond donors (Lipinski definition) is 2. The molecule has 2 amide bonds. The maximum atomic E-state index is 14.7.